The molecule has 0 saturated carbocycles. The number of fused-ring (bicyclic) bond motifs is 1. The first kappa shape index (κ1) is 25.7. The van der Waals surface area contributed by atoms with E-state index in [1.165, 1.54) is 51.3 Å². The molecular formula is C28H28F2N4O4. The van der Waals surface area contributed by atoms with Crippen molar-refractivity contribution in [3.63, 3.8) is 0 Å². The molecule has 1 unspecified atom stereocenters. The summed E-state index contributed by atoms with van der Waals surface area (Å²) in [7, 11) is 1.52. The highest BCUT2D eigenvalue weighted by Crippen LogP contribution is 2.39. The standard InChI is InChI=1S/C28H28F2N4O4/c1-27(2,36)19-13-22(34-25(24(19)30)16-5-7-18(29)8-6-16)28(9-4-10-38-28)15-32-26(35)20-11-17-12-23(37-3)31-14-21(17)33-20/h5-8,11-14,33,36H,4,9-10,15H2,1-3H3,(H,32,35). The normalized spacial score (nSPS) is 17.6. The number of benzene rings is 1. The van der Waals surface area contributed by atoms with Gasteiger partial charge >= 0.3 is 0 Å². The Balaban J connectivity index is 1.50. The molecule has 0 aliphatic carbocycles. The van der Waals surface area contributed by atoms with Gasteiger partial charge in [-0.15, -0.1) is 0 Å². The van der Waals surface area contributed by atoms with Crippen LogP contribution in [-0.2, 0) is 15.9 Å². The SMILES string of the molecule is COc1cc2cc(C(=O)NCC3(c4cc(C(C)(C)O)c(F)c(-c5ccc(F)cc5)n4)CCCO3)[nH]c2cn1. The number of aliphatic hydroxyl groups is 1. The number of H-pyrrole nitrogens is 1. The third-order valence-electron chi connectivity index (χ3n) is 6.77. The molecule has 0 bridgehead atoms. The van der Waals surface area contributed by atoms with Crippen molar-refractivity contribution in [3.8, 4) is 17.1 Å². The topological polar surface area (TPSA) is 109 Å². The molecule has 1 atom stereocenters. The molecule has 4 aromatic rings. The van der Waals surface area contributed by atoms with Crippen LogP contribution in [0.3, 0.4) is 0 Å². The minimum absolute atomic E-state index is 0.0279. The van der Waals surface area contributed by atoms with Gasteiger partial charge in [0.1, 0.15) is 22.8 Å². The fourth-order valence-corrected chi connectivity index (χ4v) is 4.70. The van der Waals surface area contributed by atoms with Gasteiger partial charge in [0.25, 0.3) is 5.91 Å². The highest BCUT2D eigenvalue weighted by Gasteiger charge is 2.41. The van der Waals surface area contributed by atoms with Crippen LogP contribution in [0, 0.1) is 11.6 Å². The molecule has 8 nitrogen and oxygen atoms in total. The second-order valence-corrected chi connectivity index (χ2v) is 9.91. The van der Waals surface area contributed by atoms with E-state index >= 15 is 4.39 Å². The number of methoxy groups -OCH3 is 1. The van der Waals surface area contributed by atoms with Crippen LogP contribution in [-0.4, -0.2) is 46.2 Å². The lowest BCUT2D eigenvalue weighted by Crippen LogP contribution is -2.41. The molecule has 3 N–H and O–H groups in total. The van der Waals surface area contributed by atoms with Gasteiger partial charge in [0.15, 0.2) is 5.82 Å². The molecule has 10 heteroatoms. The number of hydrogen-bond donors (Lipinski definition) is 3. The van der Waals surface area contributed by atoms with E-state index in [-0.39, 0.29) is 23.7 Å². The number of halogens is 2. The Morgan fingerprint density at radius 3 is 2.66 bits per heavy atom. The lowest BCUT2D eigenvalue weighted by atomic mass is 9.89. The Morgan fingerprint density at radius 2 is 2.00 bits per heavy atom. The average molecular weight is 523 g/mol. The number of carbonyl (C=O) groups excluding carboxylic acids is 1. The molecule has 1 aliphatic rings. The zero-order chi connectivity index (χ0) is 27.1. The molecule has 1 aromatic carbocycles. The summed E-state index contributed by atoms with van der Waals surface area (Å²) in [5.41, 5.74) is -0.831. The van der Waals surface area contributed by atoms with Crippen molar-refractivity contribution in [2.45, 2.75) is 37.9 Å². The monoisotopic (exact) mass is 522 g/mol. The first-order valence-electron chi connectivity index (χ1n) is 12.2. The van der Waals surface area contributed by atoms with E-state index in [1.54, 1.807) is 18.3 Å². The number of pyridine rings is 2. The van der Waals surface area contributed by atoms with E-state index in [1.807, 2.05) is 0 Å². The molecule has 198 valence electrons. The van der Waals surface area contributed by atoms with E-state index < -0.39 is 22.8 Å². The summed E-state index contributed by atoms with van der Waals surface area (Å²) in [5.74, 6) is -1.09. The van der Waals surface area contributed by atoms with Crippen molar-refractivity contribution < 1.29 is 28.2 Å². The van der Waals surface area contributed by atoms with Gasteiger partial charge in [0.2, 0.25) is 5.88 Å². The molecule has 38 heavy (non-hydrogen) atoms. The highest BCUT2D eigenvalue weighted by molar-refractivity contribution is 5.98. The van der Waals surface area contributed by atoms with E-state index in [9.17, 15) is 14.3 Å². The number of nitrogens with zero attached hydrogens (tertiary/aromatic N) is 2. The molecule has 4 heterocycles. The smallest absolute Gasteiger partial charge is 0.267 e. The highest BCUT2D eigenvalue weighted by atomic mass is 19.1. The van der Waals surface area contributed by atoms with Crippen molar-refractivity contribution in [2.24, 2.45) is 0 Å². The van der Waals surface area contributed by atoms with Gasteiger partial charge in [-0.05, 0) is 63.1 Å². The quantitative estimate of drug-likeness (QED) is 0.328. The van der Waals surface area contributed by atoms with Gasteiger partial charge in [0, 0.05) is 29.2 Å². The summed E-state index contributed by atoms with van der Waals surface area (Å²) in [6, 6.07) is 10.2. The third-order valence-corrected chi connectivity index (χ3v) is 6.77. The van der Waals surface area contributed by atoms with Gasteiger partial charge in [0.05, 0.1) is 36.7 Å². The number of aromatic amines is 1. The van der Waals surface area contributed by atoms with E-state index in [0.29, 0.717) is 47.8 Å². The predicted molar refractivity (Wildman–Crippen MR) is 137 cm³/mol. The molecular weight excluding hydrogens is 494 g/mol. The summed E-state index contributed by atoms with van der Waals surface area (Å²) in [5, 5.41) is 14.4. The zero-order valence-electron chi connectivity index (χ0n) is 21.3. The summed E-state index contributed by atoms with van der Waals surface area (Å²) in [4.78, 5) is 24.9. The fraction of sp³-hybridized carbons (Fsp3) is 0.321. The van der Waals surface area contributed by atoms with E-state index in [2.05, 4.69) is 20.3 Å². The second kappa shape index (κ2) is 9.77. The third kappa shape index (κ3) is 4.84. The Labute approximate surface area is 218 Å². The summed E-state index contributed by atoms with van der Waals surface area (Å²) in [6.07, 6.45) is 2.81. The van der Waals surface area contributed by atoms with E-state index in [4.69, 9.17) is 9.47 Å². The number of nitrogens with one attached hydrogen (secondary N) is 2. The van der Waals surface area contributed by atoms with Crippen LogP contribution >= 0.6 is 0 Å². The number of aromatic nitrogens is 3. The largest absolute Gasteiger partial charge is 0.481 e. The van der Waals surface area contributed by atoms with Crippen LogP contribution in [0.25, 0.3) is 22.2 Å². The number of rotatable bonds is 7. The summed E-state index contributed by atoms with van der Waals surface area (Å²) < 4.78 is 40.4. The molecule has 1 fully saturated rings. The predicted octanol–water partition coefficient (Wildman–Crippen LogP) is 4.57. The van der Waals surface area contributed by atoms with Crippen LogP contribution in [0.2, 0.25) is 0 Å². The minimum atomic E-state index is -1.53. The number of amides is 1. The molecule has 1 amide bonds. The van der Waals surface area contributed by atoms with Crippen LogP contribution in [0.15, 0.2) is 48.7 Å². The maximum atomic E-state index is 15.6. The van der Waals surface area contributed by atoms with Crippen molar-refractivity contribution in [3.05, 3.63) is 77.2 Å². The molecule has 1 saturated heterocycles. The maximum Gasteiger partial charge on any atom is 0.267 e. The average Bonchev–Trinajstić information content (AvgIpc) is 3.55. The number of hydrogen-bond acceptors (Lipinski definition) is 6. The zero-order valence-corrected chi connectivity index (χ0v) is 21.3. The van der Waals surface area contributed by atoms with Gasteiger partial charge in [-0.1, -0.05) is 0 Å². The van der Waals surface area contributed by atoms with Gasteiger partial charge in [-0.25, -0.2) is 18.7 Å². The van der Waals surface area contributed by atoms with Gasteiger partial charge in [-0.2, -0.15) is 0 Å². The molecule has 0 spiro atoms. The van der Waals surface area contributed by atoms with Gasteiger partial charge in [-0.3, -0.25) is 4.79 Å². The minimum Gasteiger partial charge on any atom is -0.481 e. The summed E-state index contributed by atoms with van der Waals surface area (Å²) in [6.45, 7) is 3.45. The Hall–Kier alpha value is -3.89. The fourth-order valence-electron chi connectivity index (χ4n) is 4.70. The van der Waals surface area contributed by atoms with Crippen molar-refractivity contribution in [1.82, 2.24) is 20.3 Å². The van der Waals surface area contributed by atoms with Gasteiger partial charge < -0.3 is 24.9 Å². The Morgan fingerprint density at radius 1 is 1.24 bits per heavy atom. The van der Waals surface area contributed by atoms with Crippen LogP contribution < -0.4 is 10.1 Å². The number of ether oxygens (including phenoxy) is 2. The lowest BCUT2D eigenvalue weighted by Gasteiger charge is -2.30. The Kier molecular flexibility index (Phi) is 6.62. The first-order chi connectivity index (χ1) is 18.1. The summed E-state index contributed by atoms with van der Waals surface area (Å²) >= 11 is 0. The molecule has 1 aliphatic heterocycles. The number of carbonyl (C=O) groups is 1. The van der Waals surface area contributed by atoms with Crippen LogP contribution in [0.5, 0.6) is 5.88 Å². The van der Waals surface area contributed by atoms with Crippen molar-refractivity contribution >= 4 is 16.8 Å². The molecule has 0 radical (unpaired) electrons. The first-order valence-corrected chi connectivity index (χ1v) is 12.2. The van der Waals surface area contributed by atoms with Crippen LogP contribution in [0.4, 0.5) is 8.78 Å². The van der Waals surface area contributed by atoms with E-state index in [0.717, 1.165) is 5.39 Å². The molecule has 5 rings (SSSR count). The second-order valence-electron chi connectivity index (χ2n) is 9.91. The van der Waals surface area contributed by atoms with Crippen molar-refractivity contribution in [1.29, 1.82) is 0 Å². The Bertz CT molecular complexity index is 1490. The molecule has 3 aromatic heterocycles. The lowest BCUT2D eigenvalue weighted by molar-refractivity contribution is -0.00269. The maximum absolute atomic E-state index is 15.6. The van der Waals surface area contributed by atoms with Crippen molar-refractivity contribution in [2.75, 3.05) is 20.3 Å². The van der Waals surface area contributed by atoms with Crippen LogP contribution in [0.1, 0.15) is 48.4 Å².